The molecule has 0 saturated carbocycles. The maximum atomic E-state index is 10.6. The lowest BCUT2D eigenvalue weighted by molar-refractivity contribution is -0.138. The number of carboxylic acid groups (broad SMARTS) is 1. The average molecular weight is 216 g/mol. The molecule has 0 amide bonds. The highest BCUT2D eigenvalue weighted by molar-refractivity contribution is 6.30. The van der Waals surface area contributed by atoms with Crippen molar-refractivity contribution in [3.8, 4) is 0 Å². The minimum Gasteiger partial charge on any atom is -0.480 e. The van der Waals surface area contributed by atoms with Gasteiger partial charge in [-0.25, -0.2) is 0 Å². The highest BCUT2D eigenvalue weighted by Crippen LogP contribution is 2.21. The molecular weight excluding hydrogens is 206 g/mol. The molecule has 0 bridgehead atoms. The van der Waals surface area contributed by atoms with Crippen molar-refractivity contribution >= 4 is 17.6 Å². The van der Waals surface area contributed by atoms with Crippen molar-refractivity contribution in [1.82, 2.24) is 0 Å². The maximum absolute atomic E-state index is 10.6. The molecule has 1 atom stereocenters. The lowest BCUT2D eigenvalue weighted by Crippen LogP contribution is -2.22. The van der Waals surface area contributed by atoms with E-state index in [4.69, 9.17) is 27.5 Å². The molecule has 76 valence electrons. The van der Waals surface area contributed by atoms with Gasteiger partial charge in [-0.1, -0.05) is 17.7 Å². The number of halogens is 1. The van der Waals surface area contributed by atoms with Crippen LogP contribution in [0.4, 0.5) is 0 Å². The molecule has 0 unspecified atom stereocenters. The quantitative estimate of drug-likeness (QED) is 0.700. The van der Waals surface area contributed by atoms with Gasteiger partial charge < -0.3 is 15.9 Å². The van der Waals surface area contributed by atoms with E-state index in [9.17, 15) is 4.79 Å². The molecular formula is C9H10ClNO3. The van der Waals surface area contributed by atoms with Crippen molar-refractivity contribution in [1.29, 1.82) is 0 Å². The van der Waals surface area contributed by atoms with Crippen LogP contribution in [0.3, 0.4) is 0 Å². The fourth-order valence-electron chi connectivity index (χ4n) is 1.13. The second-order valence-corrected chi connectivity index (χ2v) is 3.25. The second kappa shape index (κ2) is 4.41. The third-order valence-electron chi connectivity index (χ3n) is 1.88. The number of benzene rings is 1. The Morgan fingerprint density at radius 1 is 1.57 bits per heavy atom. The van der Waals surface area contributed by atoms with Gasteiger partial charge >= 0.3 is 5.97 Å². The topological polar surface area (TPSA) is 83.6 Å². The molecule has 0 aliphatic heterocycles. The zero-order valence-corrected chi connectivity index (χ0v) is 8.03. The summed E-state index contributed by atoms with van der Waals surface area (Å²) in [7, 11) is 0. The molecule has 14 heavy (non-hydrogen) atoms. The molecule has 0 aromatic heterocycles. The van der Waals surface area contributed by atoms with Crippen LogP contribution in [0.1, 0.15) is 17.2 Å². The van der Waals surface area contributed by atoms with Gasteiger partial charge in [0.05, 0.1) is 6.61 Å². The fourth-order valence-corrected chi connectivity index (χ4v) is 1.31. The number of aliphatic carboxylic acids is 1. The Morgan fingerprint density at radius 2 is 2.21 bits per heavy atom. The molecule has 4 nitrogen and oxygen atoms in total. The Balaban J connectivity index is 3.16. The molecule has 1 aromatic carbocycles. The number of rotatable bonds is 3. The molecule has 1 rings (SSSR count). The summed E-state index contributed by atoms with van der Waals surface area (Å²) in [5.74, 6) is -1.15. The van der Waals surface area contributed by atoms with E-state index in [0.29, 0.717) is 16.1 Å². The van der Waals surface area contributed by atoms with Crippen LogP contribution < -0.4 is 5.73 Å². The lowest BCUT2D eigenvalue weighted by atomic mass is 10.0. The normalized spacial score (nSPS) is 12.5. The minimum atomic E-state index is -1.16. The number of carboxylic acids is 1. The first-order valence-electron chi connectivity index (χ1n) is 3.94. The zero-order valence-electron chi connectivity index (χ0n) is 7.27. The number of aliphatic hydroxyl groups is 1. The van der Waals surface area contributed by atoms with Crippen LogP contribution in [-0.4, -0.2) is 16.2 Å². The number of nitrogens with two attached hydrogens (primary N) is 1. The summed E-state index contributed by atoms with van der Waals surface area (Å²) >= 11 is 5.69. The molecule has 0 radical (unpaired) electrons. The van der Waals surface area contributed by atoms with Crippen LogP contribution in [0.25, 0.3) is 0 Å². The summed E-state index contributed by atoms with van der Waals surface area (Å²) in [6.45, 7) is -0.256. The van der Waals surface area contributed by atoms with Crippen molar-refractivity contribution in [2.24, 2.45) is 5.73 Å². The standard InChI is InChI=1S/C9H10ClNO3/c10-6-2-1-5(4-12)7(3-6)8(11)9(13)14/h1-3,8,12H,4,11H2,(H,13,14)/t8-/m0/s1. The molecule has 1 aromatic rings. The molecule has 0 aliphatic rings. The molecule has 0 heterocycles. The number of hydrogen-bond donors (Lipinski definition) is 3. The van der Waals surface area contributed by atoms with Gasteiger partial charge in [0.25, 0.3) is 0 Å². The van der Waals surface area contributed by atoms with Crippen molar-refractivity contribution in [2.45, 2.75) is 12.6 Å². The zero-order chi connectivity index (χ0) is 10.7. The lowest BCUT2D eigenvalue weighted by Gasteiger charge is -2.11. The summed E-state index contributed by atoms with van der Waals surface area (Å²) in [5, 5.41) is 18.0. The number of hydrogen-bond acceptors (Lipinski definition) is 3. The monoisotopic (exact) mass is 215 g/mol. The van der Waals surface area contributed by atoms with Gasteiger partial charge in [0, 0.05) is 5.02 Å². The number of aliphatic hydroxyl groups excluding tert-OH is 1. The second-order valence-electron chi connectivity index (χ2n) is 2.82. The molecule has 0 saturated heterocycles. The van der Waals surface area contributed by atoms with Gasteiger partial charge in [0.2, 0.25) is 0 Å². The van der Waals surface area contributed by atoms with Crippen molar-refractivity contribution in [3.05, 3.63) is 34.3 Å². The summed E-state index contributed by atoms with van der Waals surface area (Å²) in [6, 6.07) is 3.42. The van der Waals surface area contributed by atoms with Gasteiger partial charge in [0.1, 0.15) is 6.04 Å². The molecule has 5 heteroatoms. The largest absolute Gasteiger partial charge is 0.480 e. The average Bonchev–Trinajstić information content (AvgIpc) is 2.16. The molecule has 4 N–H and O–H groups in total. The van der Waals surface area contributed by atoms with Gasteiger partial charge in [0.15, 0.2) is 0 Å². The van der Waals surface area contributed by atoms with Crippen LogP contribution in [0.2, 0.25) is 5.02 Å². The Bertz CT molecular complexity index is 354. The predicted octanol–water partition coefficient (Wildman–Crippen LogP) is 0.917. The SMILES string of the molecule is N[C@H](C(=O)O)c1cc(Cl)ccc1CO. The van der Waals surface area contributed by atoms with Gasteiger partial charge in [-0.3, -0.25) is 4.79 Å². The first-order chi connectivity index (χ1) is 6.56. The van der Waals surface area contributed by atoms with E-state index in [1.807, 2.05) is 0 Å². The van der Waals surface area contributed by atoms with Crippen LogP contribution in [0.5, 0.6) is 0 Å². The highest BCUT2D eigenvalue weighted by Gasteiger charge is 2.17. The third-order valence-corrected chi connectivity index (χ3v) is 2.11. The smallest absolute Gasteiger partial charge is 0.325 e. The van der Waals surface area contributed by atoms with Crippen molar-refractivity contribution in [3.63, 3.8) is 0 Å². The molecule has 0 aliphatic carbocycles. The highest BCUT2D eigenvalue weighted by atomic mass is 35.5. The van der Waals surface area contributed by atoms with Crippen LogP contribution in [-0.2, 0) is 11.4 Å². The van der Waals surface area contributed by atoms with Crippen LogP contribution >= 0.6 is 11.6 Å². The van der Waals surface area contributed by atoms with Crippen molar-refractivity contribution < 1.29 is 15.0 Å². The van der Waals surface area contributed by atoms with Gasteiger partial charge in [-0.05, 0) is 23.3 Å². The van der Waals surface area contributed by atoms with Crippen molar-refractivity contribution in [2.75, 3.05) is 0 Å². The fraction of sp³-hybridized carbons (Fsp3) is 0.222. The van der Waals surface area contributed by atoms with Crippen LogP contribution in [0, 0.1) is 0 Å². The summed E-state index contributed by atoms with van der Waals surface area (Å²) in [5.41, 5.74) is 6.23. The third kappa shape index (κ3) is 2.23. The van der Waals surface area contributed by atoms with Gasteiger partial charge in [-0.15, -0.1) is 0 Å². The van der Waals surface area contributed by atoms with Crippen LogP contribution in [0.15, 0.2) is 18.2 Å². The van der Waals surface area contributed by atoms with E-state index in [1.54, 1.807) is 12.1 Å². The van der Waals surface area contributed by atoms with E-state index < -0.39 is 12.0 Å². The summed E-state index contributed by atoms with van der Waals surface area (Å²) in [4.78, 5) is 10.6. The van der Waals surface area contributed by atoms with Gasteiger partial charge in [-0.2, -0.15) is 0 Å². The summed E-state index contributed by atoms with van der Waals surface area (Å²) < 4.78 is 0. The Hall–Kier alpha value is -1.10. The van der Waals surface area contributed by atoms with E-state index in [0.717, 1.165) is 0 Å². The summed E-state index contributed by atoms with van der Waals surface area (Å²) in [6.07, 6.45) is 0. The van der Waals surface area contributed by atoms with E-state index >= 15 is 0 Å². The van der Waals surface area contributed by atoms with E-state index in [2.05, 4.69) is 0 Å². The Labute approximate surface area is 85.9 Å². The predicted molar refractivity (Wildman–Crippen MR) is 51.9 cm³/mol. The Morgan fingerprint density at radius 3 is 2.71 bits per heavy atom. The minimum absolute atomic E-state index is 0.256. The van der Waals surface area contributed by atoms with E-state index in [1.165, 1.54) is 6.07 Å². The number of carbonyl (C=O) groups is 1. The first kappa shape index (κ1) is 11.0. The van der Waals surface area contributed by atoms with E-state index in [-0.39, 0.29) is 6.61 Å². The Kier molecular flexibility index (Phi) is 3.46. The molecule has 0 fully saturated rings. The molecule has 0 spiro atoms. The maximum Gasteiger partial charge on any atom is 0.325 e. The first-order valence-corrected chi connectivity index (χ1v) is 4.31.